The van der Waals surface area contributed by atoms with Gasteiger partial charge < -0.3 is 5.11 Å². The molecule has 0 saturated heterocycles. The first kappa shape index (κ1) is 20.3. The number of hydrogen-bond acceptors (Lipinski definition) is 4. The van der Waals surface area contributed by atoms with Crippen molar-refractivity contribution in [2.45, 2.75) is 26.2 Å². The van der Waals surface area contributed by atoms with Gasteiger partial charge in [-0.2, -0.15) is 0 Å². The zero-order valence-electron chi connectivity index (χ0n) is 15.7. The third kappa shape index (κ3) is 4.18. The van der Waals surface area contributed by atoms with Crippen molar-refractivity contribution in [3.63, 3.8) is 0 Å². The Morgan fingerprint density at radius 1 is 1.00 bits per heavy atom. The normalized spacial score (nSPS) is 14.3. The highest BCUT2D eigenvalue weighted by Crippen LogP contribution is 2.38. The van der Waals surface area contributed by atoms with E-state index in [9.17, 15) is 14.0 Å². The molecule has 0 aliphatic carbocycles. The number of carbonyl (C=O) groups is 2. The van der Waals surface area contributed by atoms with Gasteiger partial charge in [-0.1, -0.05) is 37.6 Å². The van der Waals surface area contributed by atoms with Crippen LogP contribution in [0.5, 0.6) is 0 Å². The molecule has 1 aliphatic heterocycles. The lowest BCUT2D eigenvalue weighted by Gasteiger charge is -2.16. The van der Waals surface area contributed by atoms with E-state index >= 15 is 0 Å². The van der Waals surface area contributed by atoms with Crippen LogP contribution in [-0.2, 0) is 16.0 Å². The Labute approximate surface area is 168 Å². The van der Waals surface area contributed by atoms with E-state index in [4.69, 9.17) is 5.11 Å². The van der Waals surface area contributed by atoms with Gasteiger partial charge in [0.2, 0.25) is 0 Å². The van der Waals surface area contributed by atoms with Crippen molar-refractivity contribution in [1.29, 1.82) is 0 Å². The zero-order valence-corrected chi connectivity index (χ0v) is 16.5. The van der Waals surface area contributed by atoms with Gasteiger partial charge in [-0.05, 0) is 48.2 Å². The molecular formula is C22H22FNO3S. The number of aryl methyl sites for hydroxylation is 1. The molecule has 0 unspecified atom stereocenters. The highest BCUT2D eigenvalue weighted by atomic mass is 32.2. The second-order valence-electron chi connectivity index (χ2n) is 6.50. The Bertz CT molecular complexity index is 891. The second-order valence-corrected chi connectivity index (χ2v) is 7.60. The molecule has 146 valence electrons. The molecule has 1 heterocycles. The predicted octanol–water partition coefficient (Wildman–Crippen LogP) is 4.18. The maximum Gasteiger partial charge on any atom is 0.272 e. The Balaban J connectivity index is 1.94. The molecule has 0 radical (unpaired) electrons. The van der Waals surface area contributed by atoms with Crippen molar-refractivity contribution in [3.8, 4) is 0 Å². The summed E-state index contributed by atoms with van der Waals surface area (Å²) in [7, 11) is 0. The molecule has 1 N–H and O–H groups in total. The summed E-state index contributed by atoms with van der Waals surface area (Å²) >= 11 is 1.14. The van der Waals surface area contributed by atoms with E-state index < -0.39 is 17.6 Å². The molecule has 4 nitrogen and oxygen atoms in total. The van der Waals surface area contributed by atoms with Gasteiger partial charge in [0.15, 0.2) is 0 Å². The van der Waals surface area contributed by atoms with Crippen LogP contribution in [0.15, 0.2) is 53.4 Å². The molecule has 0 bridgehead atoms. The second kappa shape index (κ2) is 9.17. The Morgan fingerprint density at radius 2 is 1.68 bits per heavy atom. The van der Waals surface area contributed by atoms with Gasteiger partial charge in [-0.25, -0.2) is 9.29 Å². The third-order valence-electron chi connectivity index (χ3n) is 4.53. The topological polar surface area (TPSA) is 57.6 Å². The molecule has 0 spiro atoms. The summed E-state index contributed by atoms with van der Waals surface area (Å²) in [4.78, 5) is 27.5. The molecule has 0 atom stereocenters. The molecule has 2 aromatic rings. The standard InChI is InChI=1S/C22H22FNO3S/c1-2-3-4-15-5-11-18(12-6-15)24-21(26)19(16-7-9-17(23)10-8-16)20(22(24)27)28-14-13-25/h5-12,25H,2-4,13-14H2,1H3. The van der Waals surface area contributed by atoms with Crippen molar-refractivity contribution in [1.82, 2.24) is 0 Å². The summed E-state index contributed by atoms with van der Waals surface area (Å²) in [6.45, 7) is 2.02. The number of nitrogens with zero attached hydrogens (tertiary/aromatic N) is 1. The third-order valence-corrected chi connectivity index (χ3v) is 5.58. The van der Waals surface area contributed by atoms with Crippen molar-refractivity contribution in [2.24, 2.45) is 0 Å². The van der Waals surface area contributed by atoms with Crippen LogP contribution in [-0.4, -0.2) is 29.3 Å². The summed E-state index contributed by atoms with van der Waals surface area (Å²) in [5.74, 6) is -0.962. The molecule has 6 heteroatoms. The SMILES string of the molecule is CCCCc1ccc(N2C(=O)C(SCCO)=C(c3ccc(F)cc3)C2=O)cc1. The number of unbranched alkanes of at least 4 members (excludes halogenated alkanes) is 1. The molecule has 0 aromatic heterocycles. The van der Waals surface area contributed by atoms with Gasteiger partial charge >= 0.3 is 0 Å². The Hall–Kier alpha value is -2.44. The van der Waals surface area contributed by atoms with Crippen LogP contribution in [0, 0.1) is 5.82 Å². The molecule has 2 aromatic carbocycles. The quantitative estimate of drug-likeness (QED) is 0.677. The lowest BCUT2D eigenvalue weighted by atomic mass is 10.1. The minimum Gasteiger partial charge on any atom is -0.396 e. The maximum absolute atomic E-state index is 13.3. The number of aliphatic hydroxyl groups is 1. The average Bonchev–Trinajstić information content (AvgIpc) is 2.95. The molecule has 0 fully saturated rings. The Kier molecular flexibility index (Phi) is 6.65. The van der Waals surface area contributed by atoms with E-state index in [0.29, 0.717) is 17.0 Å². The molecule has 1 aliphatic rings. The number of anilines is 1. The average molecular weight is 399 g/mol. The number of rotatable bonds is 8. The van der Waals surface area contributed by atoms with E-state index in [0.717, 1.165) is 41.5 Å². The van der Waals surface area contributed by atoms with Gasteiger partial charge in [0.05, 0.1) is 22.8 Å². The van der Waals surface area contributed by atoms with Crippen LogP contribution in [0.3, 0.4) is 0 Å². The monoisotopic (exact) mass is 399 g/mol. The number of carbonyl (C=O) groups excluding carboxylic acids is 2. The molecule has 28 heavy (non-hydrogen) atoms. The van der Waals surface area contributed by atoms with Crippen LogP contribution < -0.4 is 4.90 Å². The summed E-state index contributed by atoms with van der Waals surface area (Å²) in [5.41, 5.74) is 2.40. The number of aliphatic hydroxyl groups excluding tert-OH is 1. The molecule has 3 rings (SSSR count). The number of thioether (sulfide) groups is 1. The van der Waals surface area contributed by atoms with Gasteiger partial charge in [0, 0.05) is 5.75 Å². The number of hydrogen-bond donors (Lipinski definition) is 1. The Morgan fingerprint density at radius 3 is 2.29 bits per heavy atom. The smallest absolute Gasteiger partial charge is 0.272 e. The van der Waals surface area contributed by atoms with Crippen LogP contribution in [0.25, 0.3) is 5.57 Å². The van der Waals surface area contributed by atoms with Crippen molar-refractivity contribution in [3.05, 3.63) is 70.4 Å². The molecule has 2 amide bonds. The number of amides is 2. The van der Waals surface area contributed by atoms with E-state index in [2.05, 4.69) is 6.92 Å². The van der Waals surface area contributed by atoms with Gasteiger partial charge in [0.1, 0.15) is 5.82 Å². The lowest BCUT2D eigenvalue weighted by Crippen LogP contribution is -2.31. The maximum atomic E-state index is 13.3. The fraction of sp³-hybridized carbons (Fsp3) is 0.273. The van der Waals surface area contributed by atoms with Crippen LogP contribution in [0.1, 0.15) is 30.9 Å². The first-order chi connectivity index (χ1) is 13.6. The molecule has 0 saturated carbocycles. The fourth-order valence-electron chi connectivity index (χ4n) is 3.09. The van der Waals surface area contributed by atoms with Crippen LogP contribution >= 0.6 is 11.8 Å². The summed E-state index contributed by atoms with van der Waals surface area (Å²) in [6, 6.07) is 12.9. The largest absolute Gasteiger partial charge is 0.396 e. The highest BCUT2D eigenvalue weighted by molar-refractivity contribution is 8.04. The van der Waals surface area contributed by atoms with Crippen LogP contribution in [0.4, 0.5) is 10.1 Å². The van der Waals surface area contributed by atoms with Gasteiger partial charge in [0.25, 0.3) is 11.8 Å². The summed E-state index contributed by atoms with van der Waals surface area (Å²) < 4.78 is 13.3. The highest BCUT2D eigenvalue weighted by Gasteiger charge is 2.40. The van der Waals surface area contributed by atoms with E-state index in [1.165, 1.54) is 24.3 Å². The first-order valence-electron chi connectivity index (χ1n) is 9.28. The van der Waals surface area contributed by atoms with Gasteiger partial charge in [-0.3, -0.25) is 9.59 Å². The summed E-state index contributed by atoms with van der Waals surface area (Å²) in [6.07, 6.45) is 3.13. The minimum absolute atomic E-state index is 0.113. The fourth-order valence-corrected chi connectivity index (χ4v) is 3.95. The first-order valence-corrected chi connectivity index (χ1v) is 10.3. The number of halogens is 1. The van der Waals surface area contributed by atoms with Crippen molar-refractivity contribution in [2.75, 3.05) is 17.3 Å². The lowest BCUT2D eigenvalue weighted by molar-refractivity contribution is -0.119. The van der Waals surface area contributed by atoms with Crippen LogP contribution in [0.2, 0.25) is 0 Å². The van der Waals surface area contributed by atoms with Crippen molar-refractivity contribution < 1.29 is 19.1 Å². The number of benzene rings is 2. The van der Waals surface area contributed by atoms with Gasteiger partial charge in [-0.15, -0.1) is 11.8 Å². The zero-order chi connectivity index (χ0) is 20.1. The van der Waals surface area contributed by atoms with E-state index in [1.54, 1.807) is 12.1 Å². The van der Waals surface area contributed by atoms with Crippen molar-refractivity contribution >= 4 is 34.8 Å². The number of imide groups is 1. The summed E-state index contributed by atoms with van der Waals surface area (Å²) in [5, 5.41) is 9.15. The minimum atomic E-state index is -0.432. The van der Waals surface area contributed by atoms with E-state index in [-0.39, 0.29) is 17.1 Å². The van der Waals surface area contributed by atoms with E-state index in [1.807, 2.05) is 12.1 Å². The predicted molar refractivity (Wildman–Crippen MR) is 110 cm³/mol. The molecular weight excluding hydrogens is 377 g/mol.